The number of rotatable bonds is 7. The molecule has 0 saturated carbocycles. The van der Waals surface area contributed by atoms with Crippen LogP contribution < -0.4 is 4.74 Å². The molecular weight excluding hydrogens is 404 g/mol. The van der Waals surface area contributed by atoms with E-state index in [4.69, 9.17) is 13.9 Å². The van der Waals surface area contributed by atoms with Gasteiger partial charge in [0.2, 0.25) is 5.89 Å². The average Bonchev–Trinajstić information content (AvgIpc) is 3.19. The molecule has 168 valence electrons. The maximum Gasteiger partial charge on any atom is 0.323 e. The van der Waals surface area contributed by atoms with Crippen molar-refractivity contribution in [3.8, 4) is 17.2 Å². The molecule has 0 aliphatic carbocycles. The first-order valence-corrected chi connectivity index (χ1v) is 11.1. The van der Waals surface area contributed by atoms with Crippen molar-refractivity contribution in [1.82, 2.24) is 9.88 Å². The van der Waals surface area contributed by atoms with Crippen molar-refractivity contribution in [3.05, 3.63) is 71.1 Å². The maximum absolute atomic E-state index is 12.1. The van der Waals surface area contributed by atoms with Crippen molar-refractivity contribution < 1.29 is 18.7 Å². The molecule has 0 unspecified atom stereocenters. The third-order valence-electron chi connectivity index (χ3n) is 6.04. The largest absolute Gasteiger partial charge is 0.487 e. The molecule has 0 radical (unpaired) electrons. The van der Waals surface area contributed by atoms with Crippen molar-refractivity contribution in [2.75, 3.05) is 13.7 Å². The van der Waals surface area contributed by atoms with Gasteiger partial charge in [0.25, 0.3) is 0 Å². The van der Waals surface area contributed by atoms with Crippen molar-refractivity contribution in [1.29, 1.82) is 0 Å². The van der Waals surface area contributed by atoms with Crippen LogP contribution in [0.4, 0.5) is 0 Å². The highest BCUT2D eigenvalue weighted by atomic mass is 16.5. The van der Waals surface area contributed by atoms with E-state index in [9.17, 15) is 4.79 Å². The Bertz CT molecular complexity index is 1060. The number of methoxy groups -OCH3 is 1. The number of carbonyl (C=O) groups excluding carboxylic acids is 1. The van der Waals surface area contributed by atoms with Gasteiger partial charge < -0.3 is 13.9 Å². The number of oxazole rings is 1. The minimum atomic E-state index is -0.151. The number of aromatic nitrogens is 1. The Hall–Kier alpha value is -3.12. The highest BCUT2D eigenvalue weighted by Crippen LogP contribution is 2.26. The number of nitrogens with zero attached hydrogens (tertiary/aromatic N) is 2. The Labute approximate surface area is 189 Å². The summed E-state index contributed by atoms with van der Waals surface area (Å²) in [5.74, 6) is 2.02. The Morgan fingerprint density at radius 2 is 1.91 bits per heavy atom. The molecule has 1 saturated heterocycles. The Kier molecular flexibility index (Phi) is 6.90. The number of carbonyl (C=O) groups is 1. The van der Waals surface area contributed by atoms with Gasteiger partial charge in [-0.15, -0.1) is 0 Å². The molecule has 0 bridgehead atoms. The predicted molar refractivity (Wildman–Crippen MR) is 122 cm³/mol. The van der Waals surface area contributed by atoms with Crippen molar-refractivity contribution >= 4 is 5.97 Å². The second-order valence-electron chi connectivity index (χ2n) is 8.27. The summed E-state index contributed by atoms with van der Waals surface area (Å²) in [5.41, 5.74) is 4.06. The van der Waals surface area contributed by atoms with Gasteiger partial charge in [0.15, 0.2) is 0 Å². The van der Waals surface area contributed by atoms with Gasteiger partial charge in [-0.1, -0.05) is 36.8 Å². The van der Waals surface area contributed by atoms with Gasteiger partial charge in [0.1, 0.15) is 29.9 Å². The molecule has 2 heterocycles. The summed E-state index contributed by atoms with van der Waals surface area (Å²) in [4.78, 5) is 18.9. The summed E-state index contributed by atoms with van der Waals surface area (Å²) < 4.78 is 16.8. The highest BCUT2D eigenvalue weighted by Gasteiger charge is 2.29. The predicted octanol–water partition coefficient (Wildman–Crippen LogP) is 5.06. The Morgan fingerprint density at radius 1 is 1.12 bits per heavy atom. The standard InChI is InChI=1S/C26H30N2O4/c1-18-8-4-5-9-22(18)25-27-23(19(2)32-25)17-31-21-13-11-20(12-14-21)16-28-15-7-6-10-24(28)26(29)30-3/h4-5,8-9,11-14,24H,6-7,10,15-17H2,1-3H3/t24-/m1/s1. The summed E-state index contributed by atoms with van der Waals surface area (Å²) in [7, 11) is 1.46. The number of piperidine rings is 1. The summed E-state index contributed by atoms with van der Waals surface area (Å²) in [6, 6.07) is 15.9. The first kappa shape index (κ1) is 22.1. The van der Waals surface area contributed by atoms with Crippen LogP contribution in [0.15, 0.2) is 52.9 Å². The number of esters is 1. The van der Waals surface area contributed by atoms with Crippen LogP contribution in [0.25, 0.3) is 11.5 Å². The number of ether oxygens (including phenoxy) is 2. The van der Waals surface area contributed by atoms with Gasteiger partial charge in [0, 0.05) is 12.1 Å². The monoisotopic (exact) mass is 434 g/mol. The molecule has 1 aliphatic rings. The lowest BCUT2D eigenvalue weighted by Gasteiger charge is -2.33. The molecule has 6 heteroatoms. The van der Waals surface area contributed by atoms with Crippen LogP contribution in [0.5, 0.6) is 5.75 Å². The molecule has 3 aromatic rings. The lowest BCUT2D eigenvalue weighted by molar-refractivity contribution is -0.148. The molecule has 4 rings (SSSR count). The van der Waals surface area contributed by atoms with E-state index in [1.165, 1.54) is 7.11 Å². The summed E-state index contributed by atoms with van der Waals surface area (Å²) in [6.45, 7) is 5.93. The van der Waals surface area contributed by atoms with Gasteiger partial charge in [0.05, 0.1) is 7.11 Å². The third-order valence-corrected chi connectivity index (χ3v) is 6.04. The molecular formula is C26H30N2O4. The normalized spacial score (nSPS) is 16.7. The van der Waals surface area contributed by atoms with Gasteiger partial charge in [-0.2, -0.15) is 0 Å². The van der Waals surface area contributed by atoms with E-state index in [0.29, 0.717) is 12.5 Å². The number of likely N-dealkylation sites (tertiary alicyclic amines) is 1. The summed E-state index contributed by atoms with van der Waals surface area (Å²) >= 11 is 0. The molecule has 0 amide bonds. The van der Waals surface area contributed by atoms with E-state index in [-0.39, 0.29) is 12.0 Å². The lowest BCUT2D eigenvalue weighted by atomic mass is 10.0. The molecule has 1 fully saturated rings. The fourth-order valence-corrected chi connectivity index (χ4v) is 4.15. The fraction of sp³-hybridized carbons (Fsp3) is 0.385. The van der Waals surface area contributed by atoms with E-state index in [0.717, 1.165) is 66.2 Å². The molecule has 2 aromatic carbocycles. The van der Waals surface area contributed by atoms with Gasteiger partial charge >= 0.3 is 5.97 Å². The number of aryl methyl sites for hydroxylation is 2. The van der Waals surface area contributed by atoms with Crippen LogP contribution in [0, 0.1) is 13.8 Å². The summed E-state index contributed by atoms with van der Waals surface area (Å²) in [5, 5.41) is 0. The van der Waals surface area contributed by atoms with Gasteiger partial charge in [-0.05, 0) is 62.6 Å². The minimum absolute atomic E-state index is 0.141. The average molecular weight is 435 g/mol. The van der Waals surface area contributed by atoms with E-state index in [1.54, 1.807) is 0 Å². The topological polar surface area (TPSA) is 64.8 Å². The smallest absolute Gasteiger partial charge is 0.323 e. The van der Waals surface area contributed by atoms with E-state index >= 15 is 0 Å². The SMILES string of the molecule is COC(=O)[C@H]1CCCCN1Cc1ccc(OCc2nc(-c3ccccc3C)oc2C)cc1. The molecule has 1 aliphatic heterocycles. The quantitative estimate of drug-likeness (QED) is 0.484. The van der Waals surface area contributed by atoms with E-state index < -0.39 is 0 Å². The van der Waals surface area contributed by atoms with Crippen LogP contribution in [0.3, 0.4) is 0 Å². The van der Waals surface area contributed by atoms with Crippen LogP contribution in [-0.4, -0.2) is 35.5 Å². The van der Waals surface area contributed by atoms with E-state index in [1.807, 2.05) is 62.4 Å². The summed E-state index contributed by atoms with van der Waals surface area (Å²) in [6.07, 6.45) is 3.03. The lowest BCUT2D eigenvalue weighted by Crippen LogP contribution is -2.44. The number of hydrogen-bond donors (Lipinski definition) is 0. The first-order chi connectivity index (χ1) is 15.5. The van der Waals surface area contributed by atoms with E-state index in [2.05, 4.69) is 9.88 Å². The number of hydrogen-bond acceptors (Lipinski definition) is 6. The minimum Gasteiger partial charge on any atom is -0.487 e. The zero-order valence-corrected chi connectivity index (χ0v) is 19.0. The van der Waals surface area contributed by atoms with Crippen LogP contribution in [0.1, 0.15) is 41.8 Å². The van der Waals surface area contributed by atoms with Gasteiger partial charge in [-0.25, -0.2) is 4.98 Å². The second-order valence-corrected chi connectivity index (χ2v) is 8.27. The first-order valence-electron chi connectivity index (χ1n) is 11.1. The molecule has 1 atom stereocenters. The van der Waals surface area contributed by atoms with Crippen molar-refractivity contribution in [2.24, 2.45) is 0 Å². The second kappa shape index (κ2) is 10.0. The highest BCUT2D eigenvalue weighted by molar-refractivity contribution is 5.75. The number of benzene rings is 2. The Balaban J connectivity index is 1.37. The van der Waals surface area contributed by atoms with Crippen molar-refractivity contribution in [2.45, 2.75) is 52.3 Å². The third kappa shape index (κ3) is 5.02. The van der Waals surface area contributed by atoms with Crippen LogP contribution in [0.2, 0.25) is 0 Å². The Morgan fingerprint density at radius 3 is 2.66 bits per heavy atom. The zero-order valence-electron chi connectivity index (χ0n) is 19.0. The zero-order chi connectivity index (χ0) is 22.5. The molecule has 6 nitrogen and oxygen atoms in total. The van der Waals surface area contributed by atoms with Crippen LogP contribution in [-0.2, 0) is 22.7 Å². The molecule has 0 spiro atoms. The molecule has 0 N–H and O–H groups in total. The van der Waals surface area contributed by atoms with Crippen LogP contribution >= 0.6 is 0 Å². The maximum atomic E-state index is 12.1. The molecule has 32 heavy (non-hydrogen) atoms. The molecule has 1 aromatic heterocycles. The van der Waals surface area contributed by atoms with Gasteiger partial charge in [-0.3, -0.25) is 9.69 Å². The fourth-order valence-electron chi connectivity index (χ4n) is 4.15. The van der Waals surface area contributed by atoms with Crippen molar-refractivity contribution in [3.63, 3.8) is 0 Å².